The number of rotatable bonds is 6. The summed E-state index contributed by atoms with van der Waals surface area (Å²) in [4.78, 5) is 13.1. The van der Waals surface area contributed by atoms with Crippen LogP contribution < -0.4 is 9.62 Å². The van der Waals surface area contributed by atoms with Crippen LogP contribution in [0.1, 0.15) is 0 Å². The van der Waals surface area contributed by atoms with E-state index in [4.69, 9.17) is 0 Å². The number of amides is 1. The van der Waals surface area contributed by atoms with Crippen LogP contribution in [-0.2, 0) is 14.8 Å². The predicted octanol–water partition coefficient (Wildman–Crippen LogP) is 3.09. The fourth-order valence-electron chi connectivity index (χ4n) is 2.11. The number of carbonyl (C=O) groups is 1. The van der Waals surface area contributed by atoms with Gasteiger partial charge in [0, 0.05) is 11.0 Å². The summed E-state index contributed by atoms with van der Waals surface area (Å²) >= 11 is 1.42. The molecule has 2 aromatic rings. The van der Waals surface area contributed by atoms with E-state index < -0.39 is 34.1 Å². The highest BCUT2D eigenvalue weighted by Crippen LogP contribution is 2.25. The van der Waals surface area contributed by atoms with Crippen molar-refractivity contribution in [3.8, 4) is 0 Å². The van der Waals surface area contributed by atoms with Crippen LogP contribution in [0.2, 0.25) is 0 Å². The molecule has 1 N–H and O–H groups in total. The lowest BCUT2D eigenvalue weighted by Crippen LogP contribution is -2.37. The number of thioether (sulfide) groups is 1. The molecule has 1 amide bonds. The molecule has 5 nitrogen and oxygen atoms in total. The monoisotopic (exact) mass is 386 g/mol. The molecular weight excluding hydrogens is 370 g/mol. The summed E-state index contributed by atoms with van der Waals surface area (Å²) in [5.41, 5.74) is 0.411. The quantitative estimate of drug-likeness (QED) is 0.775. The van der Waals surface area contributed by atoms with E-state index in [1.807, 2.05) is 18.4 Å². The minimum absolute atomic E-state index is 0.130. The van der Waals surface area contributed by atoms with Crippen LogP contribution in [0, 0.1) is 11.6 Å². The summed E-state index contributed by atoms with van der Waals surface area (Å²) in [7, 11) is -3.87. The van der Waals surface area contributed by atoms with E-state index in [-0.39, 0.29) is 5.69 Å². The van der Waals surface area contributed by atoms with E-state index in [1.165, 1.54) is 11.8 Å². The Bertz CT molecular complexity index is 889. The molecule has 0 spiro atoms. The Labute approximate surface area is 149 Å². The van der Waals surface area contributed by atoms with E-state index in [2.05, 4.69) is 5.32 Å². The first-order valence-corrected chi connectivity index (χ1v) is 10.2. The maximum atomic E-state index is 13.4. The number of sulfonamides is 1. The molecule has 0 aliphatic heterocycles. The largest absolute Gasteiger partial charge is 0.323 e. The van der Waals surface area contributed by atoms with Gasteiger partial charge in [0.25, 0.3) is 0 Å². The van der Waals surface area contributed by atoms with Crippen LogP contribution in [0.5, 0.6) is 0 Å². The Balaban J connectivity index is 2.25. The minimum atomic E-state index is -3.87. The van der Waals surface area contributed by atoms with Gasteiger partial charge in [-0.3, -0.25) is 9.10 Å². The van der Waals surface area contributed by atoms with Crippen LogP contribution in [0.3, 0.4) is 0 Å². The molecule has 0 atom stereocenters. The summed E-state index contributed by atoms with van der Waals surface area (Å²) < 4.78 is 51.1. The van der Waals surface area contributed by atoms with Crippen molar-refractivity contribution in [2.24, 2.45) is 0 Å². The maximum absolute atomic E-state index is 13.4. The number of benzene rings is 2. The molecule has 0 aliphatic carbocycles. The third-order valence-corrected chi connectivity index (χ3v) is 5.20. The lowest BCUT2D eigenvalue weighted by molar-refractivity contribution is -0.114. The van der Waals surface area contributed by atoms with Crippen molar-refractivity contribution < 1.29 is 22.0 Å². The molecule has 0 heterocycles. The molecule has 0 aromatic heterocycles. The van der Waals surface area contributed by atoms with Crippen LogP contribution in [0.4, 0.5) is 20.2 Å². The number of para-hydroxylation sites is 1. The van der Waals surface area contributed by atoms with Crippen LogP contribution in [0.25, 0.3) is 0 Å². The minimum Gasteiger partial charge on any atom is -0.323 e. The van der Waals surface area contributed by atoms with Crippen molar-refractivity contribution in [1.29, 1.82) is 0 Å². The Kier molecular flexibility index (Phi) is 6.02. The molecule has 0 bridgehead atoms. The first-order valence-electron chi connectivity index (χ1n) is 7.08. The predicted molar refractivity (Wildman–Crippen MR) is 95.4 cm³/mol. The molecule has 0 radical (unpaired) electrons. The lowest BCUT2D eigenvalue weighted by atomic mass is 10.3. The molecule has 0 fully saturated rings. The molecule has 0 aliphatic rings. The molecule has 0 saturated heterocycles. The normalized spacial score (nSPS) is 11.2. The zero-order chi connectivity index (χ0) is 18.6. The number of carbonyl (C=O) groups excluding carboxylic acids is 1. The van der Waals surface area contributed by atoms with Gasteiger partial charge in [-0.15, -0.1) is 11.8 Å². The van der Waals surface area contributed by atoms with E-state index >= 15 is 0 Å². The van der Waals surface area contributed by atoms with Crippen LogP contribution in [-0.4, -0.2) is 33.4 Å². The van der Waals surface area contributed by atoms with E-state index in [1.54, 1.807) is 12.1 Å². The summed E-state index contributed by atoms with van der Waals surface area (Å²) in [5.74, 6) is -2.90. The molecule has 2 rings (SSSR count). The van der Waals surface area contributed by atoms with E-state index in [0.29, 0.717) is 9.99 Å². The molecule has 134 valence electrons. The number of nitrogens with zero attached hydrogens (tertiary/aromatic N) is 1. The third-order valence-electron chi connectivity index (χ3n) is 3.26. The summed E-state index contributed by atoms with van der Waals surface area (Å²) in [6.07, 6.45) is 2.73. The standard InChI is InChI=1S/C16H16F2N2O3S2/c1-24-15-6-4-3-5-14(15)19-16(21)10-20(25(2,22)23)11-7-8-12(17)13(18)9-11/h3-9H,10H2,1-2H3,(H,19,21). The molecular formula is C16H16F2N2O3S2. The van der Waals surface area contributed by atoms with Gasteiger partial charge in [0.1, 0.15) is 6.54 Å². The Morgan fingerprint density at radius 3 is 2.44 bits per heavy atom. The van der Waals surface area contributed by atoms with Crippen molar-refractivity contribution in [3.63, 3.8) is 0 Å². The second-order valence-corrected chi connectivity index (χ2v) is 7.87. The van der Waals surface area contributed by atoms with Crippen molar-refractivity contribution in [1.82, 2.24) is 0 Å². The average Bonchev–Trinajstić information content (AvgIpc) is 2.55. The number of hydrogen-bond acceptors (Lipinski definition) is 4. The first kappa shape index (κ1) is 19.2. The van der Waals surface area contributed by atoms with Crippen molar-refractivity contribution in [2.45, 2.75) is 4.90 Å². The Hall–Kier alpha value is -2.13. The second kappa shape index (κ2) is 7.83. The van der Waals surface area contributed by atoms with Crippen molar-refractivity contribution in [3.05, 3.63) is 54.1 Å². The summed E-state index contributed by atoms with van der Waals surface area (Å²) in [6, 6.07) is 9.69. The van der Waals surface area contributed by atoms with E-state index in [9.17, 15) is 22.0 Å². The van der Waals surface area contributed by atoms with Crippen molar-refractivity contribution >= 4 is 39.1 Å². The fourth-order valence-corrected chi connectivity index (χ4v) is 3.51. The molecule has 2 aromatic carbocycles. The second-order valence-electron chi connectivity index (χ2n) is 5.12. The van der Waals surface area contributed by atoms with Gasteiger partial charge in [-0.1, -0.05) is 12.1 Å². The van der Waals surface area contributed by atoms with Crippen molar-refractivity contribution in [2.75, 3.05) is 28.7 Å². The SMILES string of the molecule is CSc1ccccc1NC(=O)CN(c1ccc(F)c(F)c1)S(C)(=O)=O. The van der Waals surface area contributed by atoms with Crippen LogP contribution in [0.15, 0.2) is 47.4 Å². The number of nitrogens with one attached hydrogen (secondary N) is 1. The van der Waals surface area contributed by atoms with Gasteiger partial charge in [-0.05, 0) is 30.5 Å². The molecule has 25 heavy (non-hydrogen) atoms. The van der Waals surface area contributed by atoms with Gasteiger partial charge >= 0.3 is 0 Å². The highest BCUT2D eigenvalue weighted by molar-refractivity contribution is 7.98. The van der Waals surface area contributed by atoms with E-state index in [0.717, 1.165) is 29.4 Å². The maximum Gasteiger partial charge on any atom is 0.245 e. The number of anilines is 2. The van der Waals surface area contributed by atoms with Gasteiger partial charge < -0.3 is 5.32 Å². The lowest BCUT2D eigenvalue weighted by Gasteiger charge is -2.22. The highest BCUT2D eigenvalue weighted by Gasteiger charge is 2.22. The van der Waals surface area contributed by atoms with Crippen LogP contribution >= 0.6 is 11.8 Å². The summed E-state index contributed by atoms with van der Waals surface area (Å²) in [5, 5.41) is 2.63. The van der Waals surface area contributed by atoms with Gasteiger partial charge in [-0.2, -0.15) is 0 Å². The number of halogens is 2. The highest BCUT2D eigenvalue weighted by atomic mass is 32.2. The Morgan fingerprint density at radius 1 is 1.16 bits per heavy atom. The number of hydrogen-bond donors (Lipinski definition) is 1. The van der Waals surface area contributed by atoms with Gasteiger partial charge in [0.15, 0.2) is 11.6 Å². The first-order chi connectivity index (χ1) is 11.7. The van der Waals surface area contributed by atoms with Gasteiger partial charge in [0.2, 0.25) is 15.9 Å². The molecule has 0 saturated carbocycles. The molecule has 0 unspecified atom stereocenters. The average molecular weight is 386 g/mol. The zero-order valence-corrected chi connectivity index (χ0v) is 15.1. The summed E-state index contributed by atoms with van der Waals surface area (Å²) in [6.45, 7) is -0.563. The van der Waals surface area contributed by atoms with Gasteiger partial charge in [0.05, 0.1) is 17.6 Å². The Morgan fingerprint density at radius 2 is 1.84 bits per heavy atom. The van der Waals surface area contributed by atoms with Gasteiger partial charge in [-0.25, -0.2) is 17.2 Å². The zero-order valence-electron chi connectivity index (χ0n) is 13.5. The third kappa shape index (κ3) is 4.93. The fraction of sp³-hybridized carbons (Fsp3) is 0.188. The molecule has 9 heteroatoms. The smallest absolute Gasteiger partial charge is 0.245 e. The topological polar surface area (TPSA) is 66.5 Å².